The number of benzene rings is 1. The maximum atomic E-state index is 12.3. The fourth-order valence-electron chi connectivity index (χ4n) is 2.57. The van der Waals surface area contributed by atoms with Crippen molar-refractivity contribution in [1.29, 1.82) is 0 Å². The summed E-state index contributed by atoms with van der Waals surface area (Å²) in [4.78, 5) is 14.1. The summed E-state index contributed by atoms with van der Waals surface area (Å²) in [5.41, 5.74) is 1.17. The van der Waals surface area contributed by atoms with E-state index in [4.69, 9.17) is 9.47 Å². The maximum Gasteiger partial charge on any atom is 0.317 e. The molecule has 5 heteroatoms. The normalized spacial score (nSPS) is 19.9. The third kappa shape index (κ3) is 6.20. The molecule has 0 bridgehead atoms. The van der Waals surface area contributed by atoms with E-state index in [1.165, 1.54) is 5.56 Å². The molecule has 0 aromatic heterocycles. The summed E-state index contributed by atoms with van der Waals surface area (Å²) in [6.07, 6.45) is 0.892. The van der Waals surface area contributed by atoms with Crippen LogP contribution in [0.1, 0.15) is 25.8 Å². The van der Waals surface area contributed by atoms with E-state index in [1.807, 2.05) is 23.1 Å². The van der Waals surface area contributed by atoms with E-state index in [-0.39, 0.29) is 18.0 Å². The molecular formula is C18H28N2O3. The second-order valence-electron chi connectivity index (χ2n) is 6.24. The van der Waals surface area contributed by atoms with Gasteiger partial charge in [0.1, 0.15) is 0 Å². The van der Waals surface area contributed by atoms with E-state index in [0.29, 0.717) is 32.9 Å². The van der Waals surface area contributed by atoms with E-state index in [1.54, 1.807) is 0 Å². The number of nitrogens with zero attached hydrogens (tertiary/aromatic N) is 1. The first-order chi connectivity index (χ1) is 11.2. The van der Waals surface area contributed by atoms with Crippen LogP contribution in [0.2, 0.25) is 0 Å². The number of amides is 2. The molecule has 1 fully saturated rings. The highest BCUT2D eigenvalue weighted by molar-refractivity contribution is 5.74. The fourth-order valence-corrected chi connectivity index (χ4v) is 2.57. The zero-order chi connectivity index (χ0) is 16.5. The first-order valence-electron chi connectivity index (χ1n) is 8.40. The van der Waals surface area contributed by atoms with E-state index in [0.717, 1.165) is 13.0 Å². The molecule has 0 spiro atoms. The molecule has 5 nitrogen and oxygen atoms in total. The lowest BCUT2D eigenvalue weighted by Crippen LogP contribution is -2.46. The average molecular weight is 320 g/mol. The molecule has 23 heavy (non-hydrogen) atoms. The number of rotatable bonds is 6. The van der Waals surface area contributed by atoms with Crippen LogP contribution in [0.3, 0.4) is 0 Å². The molecule has 0 saturated carbocycles. The largest absolute Gasteiger partial charge is 0.380 e. The molecule has 1 N–H and O–H groups in total. The minimum Gasteiger partial charge on any atom is -0.380 e. The maximum absolute atomic E-state index is 12.3. The smallest absolute Gasteiger partial charge is 0.317 e. The summed E-state index contributed by atoms with van der Waals surface area (Å²) >= 11 is 0. The molecular weight excluding hydrogens is 292 g/mol. The molecule has 0 aliphatic carbocycles. The first-order valence-corrected chi connectivity index (χ1v) is 8.40. The van der Waals surface area contributed by atoms with Crippen LogP contribution in [0, 0.1) is 5.92 Å². The highest BCUT2D eigenvalue weighted by Gasteiger charge is 2.22. The summed E-state index contributed by atoms with van der Waals surface area (Å²) in [6.45, 7) is 8.03. The molecule has 1 heterocycles. The molecule has 1 aromatic rings. The molecule has 0 radical (unpaired) electrons. The van der Waals surface area contributed by atoms with Crippen molar-refractivity contribution < 1.29 is 14.3 Å². The van der Waals surface area contributed by atoms with Crippen molar-refractivity contribution in [2.24, 2.45) is 5.92 Å². The van der Waals surface area contributed by atoms with Crippen LogP contribution in [0.15, 0.2) is 30.3 Å². The van der Waals surface area contributed by atoms with Gasteiger partial charge in [-0.1, -0.05) is 37.3 Å². The first kappa shape index (κ1) is 17.8. The van der Waals surface area contributed by atoms with E-state index < -0.39 is 0 Å². The Labute approximate surface area is 139 Å². The van der Waals surface area contributed by atoms with Gasteiger partial charge in [-0.15, -0.1) is 0 Å². The van der Waals surface area contributed by atoms with Crippen molar-refractivity contribution in [2.45, 2.75) is 32.9 Å². The van der Waals surface area contributed by atoms with Gasteiger partial charge < -0.3 is 19.7 Å². The monoisotopic (exact) mass is 320 g/mol. The van der Waals surface area contributed by atoms with Gasteiger partial charge in [-0.25, -0.2) is 4.79 Å². The zero-order valence-corrected chi connectivity index (χ0v) is 14.2. The van der Waals surface area contributed by atoms with Crippen LogP contribution in [0.5, 0.6) is 0 Å². The van der Waals surface area contributed by atoms with E-state index in [9.17, 15) is 4.79 Å². The second-order valence-corrected chi connectivity index (χ2v) is 6.24. The van der Waals surface area contributed by atoms with Crippen molar-refractivity contribution in [3.05, 3.63) is 35.9 Å². The van der Waals surface area contributed by atoms with Gasteiger partial charge in [-0.3, -0.25) is 0 Å². The predicted octanol–water partition coefficient (Wildman–Crippen LogP) is 2.66. The van der Waals surface area contributed by atoms with Gasteiger partial charge in [-0.05, 0) is 24.8 Å². The quantitative estimate of drug-likeness (QED) is 0.877. The van der Waals surface area contributed by atoms with Crippen LogP contribution in [-0.2, 0) is 16.1 Å². The van der Waals surface area contributed by atoms with Crippen molar-refractivity contribution >= 4 is 6.03 Å². The number of hydrogen-bond donors (Lipinski definition) is 1. The Kier molecular flexibility index (Phi) is 7.36. The van der Waals surface area contributed by atoms with Gasteiger partial charge in [0, 0.05) is 25.7 Å². The highest BCUT2D eigenvalue weighted by atomic mass is 16.5. The van der Waals surface area contributed by atoms with Gasteiger partial charge in [0.2, 0.25) is 0 Å². The number of carbonyl (C=O) groups is 1. The molecule has 2 atom stereocenters. The standard InChI is InChI=1S/C18H28N2O3/c1-15(13-23-14-17-6-4-3-5-7-17)12-19-18(21)20-9-11-22-10-8-16(20)2/h3-7,15-16H,8-14H2,1-2H3,(H,19,21)/t15-,16-/m0/s1. The molecule has 2 rings (SSSR count). The molecule has 1 aromatic carbocycles. The van der Waals surface area contributed by atoms with Crippen molar-refractivity contribution in [1.82, 2.24) is 10.2 Å². The van der Waals surface area contributed by atoms with Gasteiger partial charge in [0.25, 0.3) is 0 Å². The van der Waals surface area contributed by atoms with Crippen LogP contribution in [-0.4, -0.2) is 49.9 Å². The van der Waals surface area contributed by atoms with Crippen molar-refractivity contribution in [2.75, 3.05) is 32.9 Å². The van der Waals surface area contributed by atoms with Crippen molar-refractivity contribution in [3.63, 3.8) is 0 Å². The molecule has 0 unspecified atom stereocenters. The summed E-state index contributed by atoms with van der Waals surface area (Å²) in [6, 6.07) is 10.3. The van der Waals surface area contributed by atoms with Crippen LogP contribution < -0.4 is 5.32 Å². The Morgan fingerprint density at radius 2 is 2.17 bits per heavy atom. The third-order valence-electron chi connectivity index (χ3n) is 4.07. The molecule has 1 saturated heterocycles. The summed E-state index contributed by atoms with van der Waals surface area (Å²) < 4.78 is 11.1. The summed E-state index contributed by atoms with van der Waals surface area (Å²) in [7, 11) is 0. The SMILES string of the molecule is C[C@@H](CNC(=O)N1CCOCC[C@@H]1C)COCc1ccccc1. The topological polar surface area (TPSA) is 50.8 Å². The van der Waals surface area contributed by atoms with Gasteiger partial charge in [0.15, 0.2) is 0 Å². The molecule has 1 aliphatic rings. The lowest BCUT2D eigenvalue weighted by Gasteiger charge is -2.27. The van der Waals surface area contributed by atoms with E-state index in [2.05, 4.69) is 31.3 Å². The van der Waals surface area contributed by atoms with Gasteiger partial charge in [0.05, 0.1) is 19.8 Å². The molecule has 2 amide bonds. The van der Waals surface area contributed by atoms with Crippen molar-refractivity contribution in [3.8, 4) is 0 Å². The van der Waals surface area contributed by atoms with Crippen LogP contribution in [0.4, 0.5) is 4.79 Å². The van der Waals surface area contributed by atoms with Gasteiger partial charge >= 0.3 is 6.03 Å². The Morgan fingerprint density at radius 1 is 1.39 bits per heavy atom. The Morgan fingerprint density at radius 3 is 2.96 bits per heavy atom. The van der Waals surface area contributed by atoms with E-state index >= 15 is 0 Å². The van der Waals surface area contributed by atoms with Crippen LogP contribution >= 0.6 is 0 Å². The number of ether oxygens (including phenoxy) is 2. The Hall–Kier alpha value is -1.59. The van der Waals surface area contributed by atoms with Gasteiger partial charge in [-0.2, -0.15) is 0 Å². The molecule has 128 valence electrons. The lowest BCUT2D eigenvalue weighted by atomic mass is 10.2. The zero-order valence-electron chi connectivity index (χ0n) is 14.2. The number of urea groups is 1. The number of nitrogens with one attached hydrogen (secondary N) is 1. The third-order valence-corrected chi connectivity index (χ3v) is 4.07. The highest BCUT2D eigenvalue weighted by Crippen LogP contribution is 2.09. The summed E-state index contributed by atoms with van der Waals surface area (Å²) in [5.74, 6) is 0.279. The second kappa shape index (κ2) is 9.53. The lowest BCUT2D eigenvalue weighted by molar-refractivity contribution is 0.0913. The number of carbonyl (C=O) groups excluding carboxylic acids is 1. The van der Waals surface area contributed by atoms with Crippen LogP contribution in [0.25, 0.3) is 0 Å². The summed E-state index contributed by atoms with van der Waals surface area (Å²) in [5, 5.41) is 3.01. The fraction of sp³-hybridized carbons (Fsp3) is 0.611. The minimum absolute atomic E-state index is 0.00194. The molecule has 1 aliphatic heterocycles. The number of hydrogen-bond acceptors (Lipinski definition) is 3. The predicted molar refractivity (Wildman–Crippen MR) is 90.3 cm³/mol. The Bertz CT molecular complexity index is 467. The Balaban J connectivity index is 1.65. The average Bonchev–Trinajstić information content (AvgIpc) is 2.78. The minimum atomic E-state index is -0.00194.